The summed E-state index contributed by atoms with van der Waals surface area (Å²) in [6.45, 7) is 3.75. The van der Waals surface area contributed by atoms with Crippen LogP contribution in [0.4, 0.5) is 10.1 Å². The highest BCUT2D eigenvalue weighted by Crippen LogP contribution is 2.17. The molecular weight excluding hydrogens is 263 g/mol. The maximum atomic E-state index is 13.4. The number of imidazole rings is 1. The molecule has 106 valence electrons. The lowest BCUT2D eigenvalue weighted by Gasteiger charge is -2.08. The molecule has 0 aliphatic rings. The Kier molecular flexibility index (Phi) is 4.41. The number of rotatable bonds is 6. The molecule has 1 N–H and O–H groups in total. The third-order valence-corrected chi connectivity index (χ3v) is 2.84. The van der Waals surface area contributed by atoms with Crippen LogP contribution in [-0.2, 0) is 13.1 Å². The van der Waals surface area contributed by atoms with Gasteiger partial charge in [-0.05, 0) is 18.2 Å². The third kappa shape index (κ3) is 3.39. The van der Waals surface area contributed by atoms with Crippen LogP contribution >= 0.6 is 0 Å². The van der Waals surface area contributed by atoms with Gasteiger partial charge in [0.15, 0.2) is 0 Å². The van der Waals surface area contributed by atoms with Crippen LogP contribution in [0.25, 0.3) is 0 Å². The third-order valence-electron chi connectivity index (χ3n) is 2.84. The Hall–Kier alpha value is -2.28. The quantitative estimate of drug-likeness (QED) is 0.648. The van der Waals surface area contributed by atoms with Crippen molar-refractivity contribution in [1.82, 2.24) is 14.9 Å². The summed E-state index contributed by atoms with van der Waals surface area (Å²) in [5.41, 5.74) is 0.292. The van der Waals surface area contributed by atoms with E-state index in [1.54, 1.807) is 12.4 Å². The van der Waals surface area contributed by atoms with Crippen LogP contribution < -0.4 is 5.32 Å². The maximum Gasteiger partial charge on any atom is 0.272 e. The molecule has 0 spiro atoms. The van der Waals surface area contributed by atoms with Crippen LogP contribution in [0.1, 0.15) is 18.3 Å². The van der Waals surface area contributed by atoms with Gasteiger partial charge in [-0.1, -0.05) is 6.92 Å². The minimum atomic E-state index is -0.609. The summed E-state index contributed by atoms with van der Waals surface area (Å²) in [5.74, 6) is 0.196. The summed E-state index contributed by atoms with van der Waals surface area (Å²) in [5, 5.41) is 13.9. The molecule has 0 amide bonds. The van der Waals surface area contributed by atoms with Crippen molar-refractivity contribution >= 4 is 5.69 Å². The molecule has 0 saturated heterocycles. The molecule has 1 heterocycles. The lowest BCUT2D eigenvalue weighted by atomic mass is 10.2. The van der Waals surface area contributed by atoms with Gasteiger partial charge >= 0.3 is 0 Å². The van der Waals surface area contributed by atoms with Gasteiger partial charge in [0.05, 0.1) is 17.5 Å². The van der Waals surface area contributed by atoms with Crippen molar-refractivity contribution in [1.29, 1.82) is 0 Å². The Morgan fingerprint density at radius 1 is 1.45 bits per heavy atom. The molecule has 2 rings (SSSR count). The molecule has 0 fully saturated rings. The second kappa shape index (κ2) is 6.25. The molecule has 7 heteroatoms. The number of nitrogens with zero attached hydrogens (tertiary/aromatic N) is 3. The Balaban J connectivity index is 2.21. The van der Waals surface area contributed by atoms with Crippen LogP contribution in [0, 0.1) is 15.9 Å². The molecule has 0 aliphatic carbocycles. The van der Waals surface area contributed by atoms with Crippen molar-refractivity contribution in [2.45, 2.75) is 20.0 Å². The normalized spacial score (nSPS) is 10.7. The average Bonchev–Trinajstić information content (AvgIpc) is 2.83. The number of benzene rings is 1. The molecule has 1 aromatic carbocycles. The first-order valence-electron chi connectivity index (χ1n) is 6.24. The minimum Gasteiger partial charge on any atom is -0.329 e. The minimum absolute atomic E-state index is 0.242. The van der Waals surface area contributed by atoms with Crippen molar-refractivity contribution in [3.05, 3.63) is 57.9 Å². The fourth-order valence-electron chi connectivity index (χ4n) is 1.91. The van der Waals surface area contributed by atoms with E-state index in [2.05, 4.69) is 10.3 Å². The molecule has 0 unspecified atom stereocenters. The van der Waals surface area contributed by atoms with Crippen LogP contribution in [0.15, 0.2) is 30.6 Å². The number of aromatic nitrogens is 2. The van der Waals surface area contributed by atoms with Gasteiger partial charge in [-0.3, -0.25) is 10.1 Å². The summed E-state index contributed by atoms with van der Waals surface area (Å²) in [7, 11) is 0. The highest BCUT2D eigenvalue weighted by Gasteiger charge is 2.11. The highest BCUT2D eigenvalue weighted by atomic mass is 19.1. The van der Waals surface area contributed by atoms with E-state index in [0.29, 0.717) is 18.7 Å². The van der Waals surface area contributed by atoms with Gasteiger partial charge in [-0.2, -0.15) is 0 Å². The lowest BCUT2D eigenvalue weighted by Crippen LogP contribution is -2.16. The van der Waals surface area contributed by atoms with Crippen LogP contribution in [0.3, 0.4) is 0 Å². The number of hydrogen-bond acceptors (Lipinski definition) is 4. The van der Waals surface area contributed by atoms with Crippen LogP contribution in [-0.4, -0.2) is 21.0 Å². The van der Waals surface area contributed by atoms with E-state index in [4.69, 9.17) is 0 Å². The predicted octanol–water partition coefficient (Wildman–Crippen LogP) is 2.09. The largest absolute Gasteiger partial charge is 0.329 e. The average molecular weight is 278 g/mol. The summed E-state index contributed by atoms with van der Waals surface area (Å²) in [6, 6.07) is 3.58. The molecule has 0 radical (unpaired) electrons. The molecule has 6 nitrogen and oxygen atoms in total. The van der Waals surface area contributed by atoms with E-state index in [1.165, 1.54) is 12.1 Å². The molecule has 0 bridgehead atoms. The predicted molar refractivity (Wildman–Crippen MR) is 71.8 cm³/mol. The molecule has 20 heavy (non-hydrogen) atoms. The van der Waals surface area contributed by atoms with Crippen molar-refractivity contribution in [2.75, 3.05) is 6.54 Å². The number of halogens is 1. The standard InChI is InChI=1S/C13H15FN4O2/c1-2-15-8-13-16-3-4-17(13)9-10-5-11(14)7-12(6-10)18(19)20/h3-7,15H,2,8-9H2,1H3. The van der Waals surface area contributed by atoms with Crippen LogP contribution in [0.5, 0.6) is 0 Å². The topological polar surface area (TPSA) is 73.0 Å². The van der Waals surface area contributed by atoms with Crippen molar-refractivity contribution in [2.24, 2.45) is 0 Å². The first-order valence-corrected chi connectivity index (χ1v) is 6.24. The molecule has 0 aliphatic heterocycles. The first-order chi connectivity index (χ1) is 9.60. The van der Waals surface area contributed by atoms with Crippen molar-refractivity contribution < 1.29 is 9.31 Å². The summed E-state index contributed by atoms with van der Waals surface area (Å²) in [4.78, 5) is 14.3. The smallest absolute Gasteiger partial charge is 0.272 e. The van der Waals surface area contributed by atoms with E-state index in [1.807, 2.05) is 11.5 Å². The van der Waals surface area contributed by atoms with E-state index in [-0.39, 0.29) is 5.69 Å². The number of nitrogens with one attached hydrogen (secondary N) is 1. The molecule has 1 aromatic heterocycles. The Bertz CT molecular complexity index is 612. The Morgan fingerprint density at radius 2 is 2.25 bits per heavy atom. The lowest BCUT2D eigenvalue weighted by molar-refractivity contribution is -0.385. The van der Waals surface area contributed by atoms with Crippen molar-refractivity contribution in [3.8, 4) is 0 Å². The van der Waals surface area contributed by atoms with Gasteiger partial charge < -0.3 is 9.88 Å². The van der Waals surface area contributed by atoms with Crippen LogP contribution in [0.2, 0.25) is 0 Å². The number of non-ortho nitro benzene ring substituents is 1. The number of hydrogen-bond donors (Lipinski definition) is 1. The molecule has 0 saturated carbocycles. The highest BCUT2D eigenvalue weighted by molar-refractivity contribution is 5.35. The van der Waals surface area contributed by atoms with Gasteiger partial charge in [0.1, 0.15) is 11.6 Å². The zero-order valence-electron chi connectivity index (χ0n) is 11.0. The zero-order chi connectivity index (χ0) is 14.5. The Labute approximate surface area is 115 Å². The molecular formula is C13H15FN4O2. The molecule has 0 atom stereocenters. The number of nitro groups is 1. The summed E-state index contributed by atoms with van der Waals surface area (Å²) >= 11 is 0. The van der Waals surface area contributed by atoms with E-state index < -0.39 is 10.7 Å². The van der Waals surface area contributed by atoms with Gasteiger partial charge in [0.2, 0.25) is 0 Å². The second-order valence-electron chi connectivity index (χ2n) is 4.33. The second-order valence-corrected chi connectivity index (χ2v) is 4.33. The SMILES string of the molecule is CCNCc1nccn1Cc1cc(F)cc([N+](=O)[O-])c1. The maximum absolute atomic E-state index is 13.4. The number of nitro benzene ring substituents is 1. The van der Waals surface area contributed by atoms with Gasteiger partial charge in [0.25, 0.3) is 5.69 Å². The van der Waals surface area contributed by atoms with E-state index in [9.17, 15) is 14.5 Å². The fraction of sp³-hybridized carbons (Fsp3) is 0.308. The molecule has 2 aromatic rings. The fourth-order valence-corrected chi connectivity index (χ4v) is 1.91. The Morgan fingerprint density at radius 3 is 2.95 bits per heavy atom. The van der Waals surface area contributed by atoms with E-state index in [0.717, 1.165) is 18.4 Å². The monoisotopic (exact) mass is 278 g/mol. The first kappa shape index (κ1) is 14.1. The summed E-state index contributed by atoms with van der Waals surface area (Å²) < 4.78 is 15.2. The van der Waals surface area contributed by atoms with Crippen molar-refractivity contribution in [3.63, 3.8) is 0 Å². The zero-order valence-corrected chi connectivity index (χ0v) is 11.0. The van der Waals surface area contributed by atoms with E-state index >= 15 is 0 Å². The van der Waals surface area contributed by atoms with Gasteiger partial charge in [0, 0.05) is 25.0 Å². The van der Waals surface area contributed by atoms with Gasteiger partial charge in [-0.25, -0.2) is 9.37 Å². The van der Waals surface area contributed by atoms with Gasteiger partial charge in [-0.15, -0.1) is 0 Å². The summed E-state index contributed by atoms with van der Waals surface area (Å²) in [6.07, 6.45) is 3.42.